The average Bonchev–Trinajstić information content (AvgIpc) is 3.09. The van der Waals surface area contributed by atoms with E-state index in [4.69, 9.17) is 0 Å². The van der Waals surface area contributed by atoms with Crippen molar-refractivity contribution in [1.82, 2.24) is 24.5 Å². The van der Waals surface area contributed by atoms with Crippen molar-refractivity contribution in [1.29, 1.82) is 0 Å². The van der Waals surface area contributed by atoms with E-state index in [1.165, 1.54) is 0 Å². The maximum absolute atomic E-state index is 12.9. The molecule has 0 radical (unpaired) electrons. The zero-order chi connectivity index (χ0) is 20.6. The molecule has 0 spiro atoms. The van der Waals surface area contributed by atoms with Gasteiger partial charge in [-0.15, -0.1) is 5.10 Å². The van der Waals surface area contributed by atoms with Crippen LogP contribution in [0.15, 0.2) is 30.3 Å². The molecule has 1 atom stereocenters. The van der Waals surface area contributed by atoms with Crippen molar-refractivity contribution in [3.05, 3.63) is 58.7 Å². The molecule has 9 heteroatoms. The van der Waals surface area contributed by atoms with E-state index in [-0.39, 0.29) is 24.1 Å². The summed E-state index contributed by atoms with van der Waals surface area (Å²) in [7, 11) is 1.70. The molecule has 1 amide bonds. The minimum absolute atomic E-state index is 0.00942. The molecule has 0 bridgehead atoms. The van der Waals surface area contributed by atoms with E-state index in [0.29, 0.717) is 17.0 Å². The quantitative estimate of drug-likeness (QED) is 0.683. The second kappa shape index (κ2) is 7.21. The maximum Gasteiger partial charge on any atom is 0.453 e. The number of aryl methyl sites for hydroxylation is 2. The van der Waals surface area contributed by atoms with Gasteiger partial charge in [-0.25, -0.2) is 9.50 Å². The van der Waals surface area contributed by atoms with Crippen LogP contribution in [0.1, 0.15) is 41.3 Å². The minimum atomic E-state index is -4.66. The number of carbonyl (C=O) groups is 1. The molecular weight excluding hydrogens is 371 g/mol. The van der Waals surface area contributed by atoms with Crippen LogP contribution in [-0.4, -0.2) is 37.4 Å². The first-order chi connectivity index (χ1) is 13.1. The monoisotopic (exact) mass is 391 g/mol. The molecule has 3 rings (SSSR count). The highest BCUT2D eigenvalue weighted by Crippen LogP contribution is 2.27. The number of hydrogen-bond donors (Lipinski definition) is 0. The molecule has 1 aromatic carbocycles. The van der Waals surface area contributed by atoms with Gasteiger partial charge in [0.25, 0.3) is 11.6 Å². The number of amides is 1. The van der Waals surface area contributed by atoms with Crippen LogP contribution in [0.25, 0.3) is 5.78 Å². The number of nitrogens with zero attached hydrogens (tertiary/aromatic N) is 5. The van der Waals surface area contributed by atoms with Crippen LogP contribution in [0.4, 0.5) is 13.2 Å². The van der Waals surface area contributed by atoms with Crippen LogP contribution in [0.2, 0.25) is 0 Å². The Morgan fingerprint density at radius 2 is 1.82 bits per heavy atom. The molecular formula is C19H20F3N5O. The van der Waals surface area contributed by atoms with Crippen LogP contribution < -0.4 is 0 Å². The van der Waals surface area contributed by atoms with Crippen molar-refractivity contribution < 1.29 is 18.0 Å². The second-order valence-electron chi connectivity index (χ2n) is 6.67. The molecule has 6 nitrogen and oxygen atoms in total. The van der Waals surface area contributed by atoms with Gasteiger partial charge in [-0.1, -0.05) is 30.3 Å². The number of likely N-dealkylation sites (N-methyl/N-ethyl adjacent to an activating group) is 1. The Hall–Kier alpha value is -2.97. The molecule has 0 saturated carbocycles. The summed E-state index contributed by atoms with van der Waals surface area (Å²) in [5.41, 5.74) is 2.41. The maximum atomic E-state index is 12.9. The number of aromatic nitrogens is 4. The van der Waals surface area contributed by atoms with Gasteiger partial charge < -0.3 is 4.90 Å². The van der Waals surface area contributed by atoms with Crippen LogP contribution >= 0.6 is 0 Å². The van der Waals surface area contributed by atoms with E-state index in [2.05, 4.69) is 15.1 Å². The van der Waals surface area contributed by atoms with Crippen molar-refractivity contribution in [2.75, 3.05) is 7.05 Å². The average molecular weight is 391 g/mol. The molecule has 0 saturated heterocycles. The van der Waals surface area contributed by atoms with Gasteiger partial charge in [0.1, 0.15) is 0 Å². The molecule has 3 aromatic rings. The van der Waals surface area contributed by atoms with Crippen molar-refractivity contribution in [2.45, 2.75) is 39.4 Å². The third-order valence-corrected chi connectivity index (χ3v) is 4.89. The Morgan fingerprint density at radius 1 is 1.18 bits per heavy atom. The zero-order valence-corrected chi connectivity index (χ0v) is 15.9. The van der Waals surface area contributed by atoms with Gasteiger partial charge in [-0.3, -0.25) is 4.79 Å². The van der Waals surface area contributed by atoms with Gasteiger partial charge in [0.05, 0.1) is 12.5 Å². The Labute approximate surface area is 160 Å². The van der Waals surface area contributed by atoms with E-state index in [1.807, 2.05) is 37.3 Å². The number of halogens is 3. The highest BCUT2D eigenvalue weighted by Gasteiger charge is 2.37. The van der Waals surface area contributed by atoms with Gasteiger partial charge in [0, 0.05) is 24.0 Å². The van der Waals surface area contributed by atoms with Crippen LogP contribution in [0, 0.1) is 13.8 Å². The Bertz CT molecular complexity index is 1010. The molecule has 2 heterocycles. The molecule has 2 aromatic heterocycles. The minimum Gasteiger partial charge on any atom is -0.339 e. The fourth-order valence-corrected chi connectivity index (χ4v) is 3.03. The lowest BCUT2D eigenvalue weighted by Crippen LogP contribution is -2.31. The summed E-state index contributed by atoms with van der Waals surface area (Å²) in [5, 5.41) is 3.51. The molecule has 148 valence electrons. The van der Waals surface area contributed by atoms with Gasteiger partial charge >= 0.3 is 6.18 Å². The summed E-state index contributed by atoms with van der Waals surface area (Å²) in [6.07, 6.45) is -4.65. The highest BCUT2D eigenvalue weighted by molar-refractivity contribution is 5.79. The number of alkyl halides is 3. The summed E-state index contributed by atoms with van der Waals surface area (Å²) in [5.74, 6) is -1.55. The fraction of sp³-hybridized carbons (Fsp3) is 0.368. The van der Waals surface area contributed by atoms with Gasteiger partial charge in [0.2, 0.25) is 5.91 Å². The lowest BCUT2D eigenvalue weighted by Gasteiger charge is -2.26. The van der Waals surface area contributed by atoms with Crippen molar-refractivity contribution in [3.63, 3.8) is 0 Å². The number of rotatable bonds is 4. The van der Waals surface area contributed by atoms with Gasteiger partial charge in [-0.05, 0) is 26.3 Å². The smallest absolute Gasteiger partial charge is 0.339 e. The van der Waals surface area contributed by atoms with E-state index in [0.717, 1.165) is 10.1 Å². The van der Waals surface area contributed by atoms with E-state index in [9.17, 15) is 18.0 Å². The summed E-state index contributed by atoms with van der Waals surface area (Å²) < 4.78 is 39.7. The van der Waals surface area contributed by atoms with Crippen molar-refractivity contribution in [3.8, 4) is 0 Å². The zero-order valence-electron chi connectivity index (χ0n) is 15.9. The molecule has 28 heavy (non-hydrogen) atoms. The predicted molar refractivity (Wildman–Crippen MR) is 96.6 cm³/mol. The normalized spacial score (nSPS) is 13.0. The molecule has 0 unspecified atom stereocenters. The molecule has 0 aliphatic heterocycles. The molecule has 0 aliphatic carbocycles. The standard InChI is InChI=1S/C19H20F3N5O/c1-11-15(10-16(28)26(4)12(2)14-8-6-5-7-9-14)13(3)27-18(23-11)24-17(25-27)19(20,21)22/h5-9,12H,10H2,1-4H3/t12-/m0/s1. The summed E-state index contributed by atoms with van der Waals surface area (Å²) in [6.45, 7) is 5.18. The number of fused-ring (bicyclic) bond motifs is 1. The summed E-state index contributed by atoms with van der Waals surface area (Å²) in [6, 6.07) is 9.44. The first-order valence-corrected chi connectivity index (χ1v) is 8.70. The SMILES string of the molecule is Cc1nc2nc(C(F)(F)F)nn2c(C)c1CC(=O)N(C)[C@@H](C)c1ccccc1. The first kappa shape index (κ1) is 19.8. The first-order valence-electron chi connectivity index (χ1n) is 8.70. The lowest BCUT2D eigenvalue weighted by molar-refractivity contribution is -0.144. The number of hydrogen-bond acceptors (Lipinski definition) is 4. The van der Waals surface area contributed by atoms with Gasteiger partial charge in [-0.2, -0.15) is 18.2 Å². The highest BCUT2D eigenvalue weighted by atomic mass is 19.4. The number of benzene rings is 1. The fourth-order valence-electron chi connectivity index (χ4n) is 3.03. The molecule has 0 N–H and O–H groups in total. The molecule has 0 aliphatic rings. The Morgan fingerprint density at radius 3 is 2.43 bits per heavy atom. The summed E-state index contributed by atoms with van der Waals surface area (Å²) >= 11 is 0. The Kier molecular flexibility index (Phi) is 5.10. The van der Waals surface area contributed by atoms with Crippen LogP contribution in [0.5, 0.6) is 0 Å². The van der Waals surface area contributed by atoms with Crippen molar-refractivity contribution in [2.24, 2.45) is 0 Å². The van der Waals surface area contributed by atoms with E-state index < -0.39 is 12.0 Å². The number of carbonyl (C=O) groups excluding carboxylic acids is 1. The van der Waals surface area contributed by atoms with Gasteiger partial charge in [0.15, 0.2) is 0 Å². The topological polar surface area (TPSA) is 63.4 Å². The summed E-state index contributed by atoms with van der Waals surface area (Å²) in [4.78, 5) is 22.0. The lowest BCUT2D eigenvalue weighted by atomic mass is 10.0. The van der Waals surface area contributed by atoms with E-state index in [1.54, 1.807) is 25.8 Å². The van der Waals surface area contributed by atoms with E-state index >= 15 is 0 Å². The second-order valence-corrected chi connectivity index (χ2v) is 6.67. The molecule has 0 fully saturated rings. The third kappa shape index (κ3) is 3.69. The van der Waals surface area contributed by atoms with Crippen molar-refractivity contribution >= 4 is 11.7 Å². The van der Waals surface area contributed by atoms with Crippen LogP contribution in [0.3, 0.4) is 0 Å². The Balaban J connectivity index is 1.90. The largest absolute Gasteiger partial charge is 0.453 e. The third-order valence-electron chi connectivity index (χ3n) is 4.89. The van der Waals surface area contributed by atoms with Crippen LogP contribution in [-0.2, 0) is 17.4 Å². The predicted octanol–water partition coefficient (Wildman–Crippen LogP) is 3.52.